The van der Waals surface area contributed by atoms with Gasteiger partial charge in [0.2, 0.25) is 0 Å². The molecule has 0 fully saturated rings. The van der Waals surface area contributed by atoms with Crippen molar-refractivity contribution in [1.82, 2.24) is 15.2 Å². The number of hydrogen-bond acceptors (Lipinski definition) is 7. The van der Waals surface area contributed by atoms with E-state index in [1.165, 1.54) is 6.20 Å². The number of aromatic nitrogens is 3. The van der Waals surface area contributed by atoms with E-state index in [0.29, 0.717) is 18.1 Å². The van der Waals surface area contributed by atoms with Crippen molar-refractivity contribution in [3.63, 3.8) is 0 Å². The van der Waals surface area contributed by atoms with Gasteiger partial charge in [0.05, 0.1) is 30.6 Å². The van der Waals surface area contributed by atoms with Gasteiger partial charge in [0.15, 0.2) is 17.3 Å². The number of nitrogens with zero attached hydrogens (tertiary/aromatic N) is 3. The van der Waals surface area contributed by atoms with Crippen LogP contribution in [0, 0.1) is 0 Å². The third-order valence-corrected chi connectivity index (χ3v) is 3.09. The number of nitrogens with one attached hydrogen (secondary N) is 2. The second-order valence-corrected chi connectivity index (χ2v) is 4.86. The number of methoxy groups -OCH3 is 1. The Bertz CT molecular complexity index is 732. The molecule has 8 nitrogen and oxygen atoms in total. The van der Waals surface area contributed by atoms with E-state index >= 15 is 0 Å². The fraction of sp³-hybridized carbons (Fsp3) is 0.231. The first-order valence-electron chi connectivity index (χ1n) is 6.35. The van der Waals surface area contributed by atoms with Gasteiger partial charge < -0.3 is 9.47 Å². The Balaban J connectivity index is 2.17. The quantitative estimate of drug-likeness (QED) is 0.595. The van der Waals surface area contributed by atoms with Crippen LogP contribution in [0.25, 0.3) is 0 Å². The molecule has 0 aliphatic rings. The Labute approximate surface area is 134 Å². The van der Waals surface area contributed by atoms with E-state index in [-0.39, 0.29) is 5.82 Å². The highest BCUT2D eigenvalue weighted by atomic mass is 79.9. The summed E-state index contributed by atoms with van der Waals surface area (Å²) in [5, 5.41) is 9.78. The maximum Gasteiger partial charge on any atom is 0.363 e. The highest BCUT2D eigenvalue weighted by molar-refractivity contribution is 9.10. The van der Waals surface area contributed by atoms with E-state index in [0.717, 1.165) is 10.0 Å². The topological polar surface area (TPSA) is 101 Å². The Kier molecular flexibility index (Phi) is 5.48. The number of ether oxygens (including phenoxy) is 2. The number of H-pyrrole nitrogens is 1. The summed E-state index contributed by atoms with van der Waals surface area (Å²) in [6.45, 7) is 2.43. The molecular formula is C13H14BrN5O3. The largest absolute Gasteiger partial charge is 0.493 e. The standard InChI is InChI=1S/C13H14BrN5O3/c1-3-22-12-9(14)4-8(5-10(12)21-2)6-15-18-11-7-16-19-13(20)17-11/h4-7H,3H2,1-2H3,(H2,17,18,19,20)/b15-6+. The van der Waals surface area contributed by atoms with Crippen LogP contribution in [0.4, 0.5) is 5.82 Å². The minimum Gasteiger partial charge on any atom is -0.493 e. The van der Waals surface area contributed by atoms with Crippen molar-refractivity contribution < 1.29 is 9.47 Å². The molecule has 0 radical (unpaired) electrons. The van der Waals surface area contributed by atoms with E-state index < -0.39 is 5.69 Å². The summed E-state index contributed by atoms with van der Waals surface area (Å²) < 4.78 is 11.6. The van der Waals surface area contributed by atoms with Gasteiger partial charge in [-0.1, -0.05) is 0 Å². The molecule has 1 heterocycles. The van der Waals surface area contributed by atoms with Crippen molar-refractivity contribution >= 4 is 28.0 Å². The van der Waals surface area contributed by atoms with Gasteiger partial charge in [-0.05, 0) is 40.5 Å². The normalized spacial score (nSPS) is 10.7. The number of rotatable bonds is 6. The summed E-state index contributed by atoms with van der Waals surface area (Å²) >= 11 is 3.43. The number of hydrazone groups is 1. The van der Waals surface area contributed by atoms with E-state index in [1.54, 1.807) is 19.4 Å². The van der Waals surface area contributed by atoms with Crippen LogP contribution >= 0.6 is 15.9 Å². The van der Waals surface area contributed by atoms with Gasteiger partial charge in [-0.25, -0.2) is 9.89 Å². The fourth-order valence-electron chi connectivity index (χ4n) is 1.64. The Morgan fingerprint density at radius 1 is 1.50 bits per heavy atom. The van der Waals surface area contributed by atoms with Crippen molar-refractivity contribution in [3.05, 3.63) is 38.9 Å². The van der Waals surface area contributed by atoms with Crippen molar-refractivity contribution in [2.45, 2.75) is 6.92 Å². The van der Waals surface area contributed by atoms with Gasteiger partial charge in [0.1, 0.15) is 0 Å². The first kappa shape index (κ1) is 16.0. The Morgan fingerprint density at radius 2 is 2.32 bits per heavy atom. The summed E-state index contributed by atoms with van der Waals surface area (Å²) in [5.74, 6) is 1.47. The number of aromatic amines is 1. The second kappa shape index (κ2) is 7.55. The molecule has 1 aromatic carbocycles. The SMILES string of the molecule is CCOc1c(Br)cc(/C=N/Nc2cn[nH]c(=O)n2)cc1OC. The van der Waals surface area contributed by atoms with Crippen LogP contribution in [-0.2, 0) is 0 Å². The summed E-state index contributed by atoms with van der Waals surface area (Å²) in [4.78, 5) is 14.6. The van der Waals surface area contributed by atoms with Crippen LogP contribution in [0.2, 0.25) is 0 Å². The van der Waals surface area contributed by atoms with Gasteiger partial charge >= 0.3 is 5.69 Å². The zero-order chi connectivity index (χ0) is 15.9. The molecule has 116 valence electrons. The lowest BCUT2D eigenvalue weighted by molar-refractivity contribution is 0.309. The van der Waals surface area contributed by atoms with Crippen LogP contribution in [0.1, 0.15) is 12.5 Å². The van der Waals surface area contributed by atoms with Crippen LogP contribution in [0.5, 0.6) is 11.5 Å². The molecule has 0 aliphatic carbocycles. The number of benzene rings is 1. The van der Waals surface area contributed by atoms with Gasteiger partial charge in [-0.2, -0.15) is 15.2 Å². The van der Waals surface area contributed by atoms with Crippen LogP contribution in [0.15, 0.2) is 32.7 Å². The maximum atomic E-state index is 11.0. The molecule has 0 spiro atoms. The molecule has 0 aliphatic heterocycles. The average molecular weight is 368 g/mol. The molecule has 0 amide bonds. The summed E-state index contributed by atoms with van der Waals surface area (Å²) in [6.07, 6.45) is 2.92. The molecule has 0 saturated heterocycles. The molecule has 9 heteroatoms. The second-order valence-electron chi connectivity index (χ2n) is 4.01. The summed E-state index contributed by atoms with van der Waals surface area (Å²) in [7, 11) is 1.56. The molecule has 0 unspecified atom stereocenters. The van der Waals surface area contributed by atoms with E-state index in [1.807, 2.05) is 13.0 Å². The molecule has 0 bridgehead atoms. The Morgan fingerprint density at radius 3 is 3.00 bits per heavy atom. The molecule has 0 saturated carbocycles. The molecule has 2 rings (SSSR count). The van der Waals surface area contributed by atoms with E-state index in [9.17, 15) is 4.79 Å². The molecule has 2 aromatic rings. The van der Waals surface area contributed by atoms with Crippen molar-refractivity contribution in [2.24, 2.45) is 5.10 Å². The minimum atomic E-state index is -0.550. The van der Waals surface area contributed by atoms with Crippen molar-refractivity contribution in [3.8, 4) is 11.5 Å². The van der Waals surface area contributed by atoms with Gasteiger partial charge in [0, 0.05) is 0 Å². The zero-order valence-electron chi connectivity index (χ0n) is 12.0. The van der Waals surface area contributed by atoms with Crippen LogP contribution in [-0.4, -0.2) is 35.1 Å². The third kappa shape index (κ3) is 4.04. The smallest absolute Gasteiger partial charge is 0.363 e. The van der Waals surface area contributed by atoms with Crippen LogP contribution in [0.3, 0.4) is 0 Å². The molecular weight excluding hydrogens is 354 g/mol. The first-order chi connectivity index (χ1) is 10.6. The Hall–Kier alpha value is -2.42. The third-order valence-electron chi connectivity index (χ3n) is 2.50. The first-order valence-corrected chi connectivity index (χ1v) is 7.14. The molecule has 0 atom stereocenters. The summed E-state index contributed by atoms with van der Waals surface area (Å²) in [6, 6.07) is 3.62. The average Bonchev–Trinajstić information content (AvgIpc) is 2.50. The van der Waals surface area contributed by atoms with Crippen molar-refractivity contribution in [2.75, 3.05) is 19.1 Å². The van der Waals surface area contributed by atoms with Gasteiger partial charge in [-0.3, -0.25) is 5.43 Å². The minimum absolute atomic E-state index is 0.247. The number of halogens is 1. The highest BCUT2D eigenvalue weighted by Gasteiger charge is 2.10. The predicted molar refractivity (Wildman–Crippen MR) is 85.7 cm³/mol. The lowest BCUT2D eigenvalue weighted by Crippen LogP contribution is -2.13. The molecule has 1 aromatic heterocycles. The van der Waals surface area contributed by atoms with E-state index in [2.05, 4.69) is 41.6 Å². The van der Waals surface area contributed by atoms with Gasteiger partial charge in [0.25, 0.3) is 0 Å². The highest BCUT2D eigenvalue weighted by Crippen LogP contribution is 2.36. The number of anilines is 1. The number of hydrogen-bond donors (Lipinski definition) is 2. The van der Waals surface area contributed by atoms with E-state index in [4.69, 9.17) is 9.47 Å². The zero-order valence-corrected chi connectivity index (χ0v) is 13.5. The lowest BCUT2D eigenvalue weighted by Gasteiger charge is -2.11. The molecule has 22 heavy (non-hydrogen) atoms. The van der Waals surface area contributed by atoms with Crippen molar-refractivity contribution in [1.29, 1.82) is 0 Å². The van der Waals surface area contributed by atoms with Gasteiger partial charge in [-0.15, -0.1) is 0 Å². The maximum absolute atomic E-state index is 11.0. The predicted octanol–water partition coefficient (Wildman–Crippen LogP) is 1.78. The lowest BCUT2D eigenvalue weighted by atomic mass is 10.2. The van der Waals surface area contributed by atoms with Crippen LogP contribution < -0.4 is 20.6 Å². The molecule has 2 N–H and O–H groups in total. The fourth-order valence-corrected chi connectivity index (χ4v) is 2.21. The monoisotopic (exact) mass is 367 g/mol. The summed E-state index contributed by atoms with van der Waals surface area (Å²) in [5.41, 5.74) is 2.84.